The van der Waals surface area contributed by atoms with Gasteiger partial charge in [-0.05, 0) is 34.9 Å². The minimum atomic E-state index is -0.981. The maximum Gasteiger partial charge on any atom is 0.336 e. The number of aromatic carboxylic acids is 1. The van der Waals surface area contributed by atoms with Crippen LogP contribution in [0.15, 0.2) is 78.9 Å². The molecular formula is C21H18N2O3. The Morgan fingerprint density at radius 1 is 0.769 bits per heavy atom. The second-order valence-electron chi connectivity index (χ2n) is 5.68. The number of hydrogen-bond donors (Lipinski definition) is 3. The van der Waals surface area contributed by atoms with Crippen molar-refractivity contribution in [2.45, 2.75) is 6.54 Å². The lowest BCUT2D eigenvalue weighted by Gasteiger charge is -2.13. The maximum absolute atomic E-state index is 12.1. The highest BCUT2D eigenvalue weighted by molar-refractivity contribution is 5.96. The first-order chi connectivity index (χ1) is 12.6. The van der Waals surface area contributed by atoms with Crippen LogP contribution in [0.5, 0.6) is 0 Å². The molecule has 0 bridgehead atoms. The fourth-order valence-corrected chi connectivity index (χ4v) is 2.71. The van der Waals surface area contributed by atoms with Gasteiger partial charge in [-0.25, -0.2) is 9.59 Å². The molecule has 130 valence electrons. The highest BCUT2D eigenvalue weighted by atomic mass is 16.4. The summed E-state index contributed by atoms with van der Waals surface area (Å²) in [5.74, 6) is -0.981. The number of carboxylic acid groups (broad SMARTS) is 1. The number of anilines is 1. The second kappa shape index (κ2) is 7.98. The third-order valence-corrected chi connectivity index (χ3v) is 3.94. The first-order valence-electron chi connectivity index (χ1n) is 8.15. The van der Waals surface area contributed by atoms with Gasteiger partial charge in [0.25, 0.3) is 0 Å². The number of para-hydroxylation sites is 1. The van der Waals surface area contributed by atoms with E-state index in [4.69, 9.17) is 0 Å². The van der Waals surface area contributed by atoms with Gasteiger partial charge in [-0.3, -0.25) is 0 Å². The van der Waals surface area contributed by atoms with Gasteiger partial charge in [0.2, 0.25) is 0 Å². The van der Waals surface area contributed by atoms with Gasteiger partial charge in [0, 0.05) is 12.2 Å². The molecule has 5 nitrogen and oxygen atoms in total. The number of rotatable bonds is 5. The number of benzene rings is 3. The molecule has 0 saturated heterocycles. The Labute approximate surface area is 151 Å². The Morgan fingerprint density at radius 2 is 1.38 bits per heavy atom. The lowest BCUT2D eigenvalue weighted by Crippen LogP contribution is -2.28. The van der Waals surface area contributed by atoms with E-state index in [0.29, 0.717) is 11.3 Å². The van der Waals surface area contributed by atoms with E-state index < -0.39 is 5.97 Å². The van der Waals surface area contributed by atoms with Crippen molar-refractivity contribution in [3.8, 4) is 11.1 Å². The molecule has 0 aliphatic heterocycles. The molecule has 3 aromatic carbocycles. The number of carbonyl (C=O) groups is 2. The fraction of sp³-hybridized carbons (Fsp3) is 0.0476. The van der Waals surface area contributed by atoms with Crippen LogP contribution in [-0.2, 0) is 6.54 Å². The zero-order valence-corrected chi connectivity index (χ0v) is 14.0. The normalized spacial score (nSPS) is 10.2. The van der Waals surface area contributed by atoms with Crippen LogP contribution in [-0.4, -0.2) is 17.1 Å². The summed E-state index contributed by atoms with van der Waals surface area (Å²) < 4.78 is 0. The molecule has 0 radical (unpaired) electrons. The second-order valence-corrected chi connectivity index (χ2v) is 5.68. The van der Waals surface area contributed by atoms with Crippen LogP contribution in [0.4, 0.5) is 10.5 Å². The van der Waals surface area contributed by atoms with E-state index >= 15 is 0 Å². The molecule has 0 heterocycles. The van der Waals surface area contributed by atoms with Gasteiger partial charge in [0.1, 0.15) is 0 Å². The van der Waals surface area contributed by atoms with Gasteiger partial charge in [-0.15, -0.1) is 0 Å². The third-order valence-electron chi connectivity index (χ3n) is 3.94. The zero-order valence-electron chi connectivity index (χ0n) is 14.0. The van der Waals surface area contributed by atoms with Gasteiger partial charge >= 0.3 is 12.0 Å². The highest BCUT2D eigenvalue weighted by Gasteiger charge is 2.14. The van der Waals surface area contributed by atoms with Crippen molar-refractivity contribution in [2.75, 3.05) is 5.32 Å². The molecule has 26 heavy (non-hydrogen) atoms. The average molecular weight is 346 g/mol. The van der Waals surface area contributed by atoms with Gasteiger partial charge in [0.05, 0.1) is 5.56 Å². The summed E-state index contributed by atoms with van der Waals surface area (Å²) in [6.45, 7) is 0.281. The molecule has 0 spiro atoms. The average Bonchev–Trinajstić information content (AvgIpc) is 2.67. The molecular weight excluding hydrogens is 328 g/mol. The van der Waals surface area contributed by atoms with Crippen LogP contribution in [0.3, 0.4) is 0 Å². The summed E-state index contributed by atoms with van der Waals surface area (Å²) >= 11 is 0. The van der Waals surface area contributed by atoms with Gasteiger partial charge < -0.3 is 15.7 Å². The molecule has 3 aromatic rings. The fourth-order valence-electron chi connectivity index (χ4n) is 2.71. The van der Waals surface area contributed by atoms with Crippen LogP contribution in [0, 0.1) is 0 Å². The minimum Gasteiger partial charge on any atom is -0.478 e. The summed E-state index contributed by atoms with van der Waals surface area (Å²) in [4.78, 5) is 23.6. The van der Waals surface area contributed by atoms with Gasteiger partial charge in [0.15, 0.2) is 0 Å². The van der Waals surface area contributed by atoms with Crippen molar-refractivity contribution in [1.29, 1.82) is 0 Å². The topological polar surface area (TPSA) is 78.4 Å². The van der Waals surface area contributed by atoms with Crippen LogP contribution in [0.2, 0.25) is 0 Å². The zero-order chi connectivity index (χ0) is 18.4. The molecule has 3 rings (SSSR count). The van der Waals surface area contributed by atoms with Crippen molar-refractivity contribution in [1.82, 2.24) is 5.32 Å². The van der Waals surface area contributed by atoms with Crippen molar-refractivity contribution in [3.63, 3.8) is 0 Å². The predicted molar refractivity (Wildman–Crippen MR) is 101 cm³/mol. The monoisotopic (exact) mass is 346 g/mol. The molecule has 0 aliphatic rings. The summed E-state index contributed by atoms with van der Waals surface area (Å²) in [6, 6.07) is 23.1. The smallest absolute Gasteiger partial charge is 0.336 e. The Bertz CT molecular complexity index is 923. The van der Waals surface area contributed by atoms with E-state index in [-0.39, 0.29) is 18.1 Å². The number of carboxylic acids is 1. The van der Waals surface area contributed by atoms with Crippen LogP contribution in [0.1, 0.15) is 15.9 Å². The van der Waals surface area contributed by atoms with Crippen molar-refractivity contribution < 1.29 is 14.7 Å². The summed E-state index contributed by atoms with van der Waals surface area (Å²) in [6.07, 6.45) is 0. The maximum atomic E-state index is 12.1. The Morgan fingerprint density at radius 3 is 2.12 bits per heavy atom. The largest absolute Gasteiger partial charge is 0.478 e. The summed E-state index contributed by atoms with van der Waals surface area (Å²) in [7, 11) is 0. The minimum absolute atomic E-state index is 0.230. The van der Waals surface area contributed by atoms with Gasteiger partial charge in [-0.1, -0.05) is 60.7 Å². The lowest BCUT2D eigenvalue weighted by atomic mass is 9.95. The van der Waals surface area contributed by atoms with Gasteiger partial charge in [-0.2, -0.15) is 0 Å². The number of nitrogens with one attached hydrogen (secondary N) is 2. The summed E-state index contributed by atoms with van der Waals surface area (Å²) in [5, 5.41) is 15.0. The Kier molecular flexibility index (Phi) is 5.29. The molecule has 2 amide bonds. The van der Waals surface area contributed by atoms with Crippen LogP contribution < -0.4 is 10.6 Å². The van der Waals surface area contributed by atoms with E-state index in [1.165, 1.54) is 0 Å². The molecule has 3 N–H and O–H groups in total. The highest BCUT2D eigenvalue weighted by Crippen LogP contribution is 2.27. The van der Waals surface area contributed by atoms with Crippen LogP contribution in [0.25, 0.3) is 11.1 Å². The number of carbonyl (C=O) groups excluding carboxylic acids is 1. The third kappa shape index (κ3) is 4.08. The van der Waals surface area contributed by atoms with Crippen molar-refractivity contribution >= 4 is 17.7 Å². The van der Waals surface area contributed by atoms with Crippen LogP contribution >= 0.6 is 0 Å². The molecule has 0 unspecified atom stereocenters. The lowest BCUT2D eigenvalue weighted by molar-refractivity contribution is 0.0697. The summed E-state index contributed by atoms with van der Waals surface area (Å²) in [5.41, 5.74) is 3.18. The van der Waals surface area contributed by atoms with E-state index in [1.54, 1.807) is 36.4 Å². The van der Waals surface area contributed by atoms with Crippen molar-refractivity contribution in [3.05, 3.63) is 90.0 Å². The Hall–Kier alpha value is -3.60. The van der Waals surface area contributed by atoms with E-state index in [0.717, 1.165) is 11.1 Å². The van der Waals surface area contributed by atoms with E-state index in [9.17, 15) is 14.7 Å². The Balaban J connectivity index is 1.78. The first-order valence-corrected chi connectivity index (χ1v) is 8.15. The molecule has 0 saturated carbocycles. The number of amides is 2. The molecule has 0 aromatic heterocycles. The SMILES string of the molecule is O=C(NCc1ccccc1-c1ccccc1C(=O)O)Nc1ccccc1. The standard InChI is InChI=1S/C21H18N2O3/c24-20(25)19-13-7-6-12-18(19)17-11-5-4-8-15(17)14-22-21(26)23-16-9-2-1-3-10-16/h1-13H,14H2,(H,24,25)(H2,22,23,26). The molecule has 0 atom stereocenters. The number of urea groups is 1. The van der Waals surface area contributed by atoms with E-state index in [1.807, 2.05) is 42.5 Å². The molecule has 0 fully saturated rings. The predicted octanol–water partition coefficient (Wildman–Crippen LogP) is 4.37. The molecule has 5 heteroatoms. The molecule has 0 aliphatic carbocycles. The van der Waals surface area contributed by atoms with Crippen molar-refractivity contribution in [2.24, 2.45) is 0 Å². The first kappa shape index (κ1) is 17.2. The number of hydrogen-bond acceptors (Lipinski definition) is 2. The quantitative estimate of drug-likeness (QED) is 0.642. The van der Waals surface area contributed by atoms with E-state index in [2.05, 4.69) is 10.6 Å².